The highest BCUT2D eigenvalue weighted by atomic mass is 16.7. The summed E-state index contributed by atoms with van der Waals surface area (Å²) in [6.45, 7) is 13.5. The maximum Gasteiger partial charge on any atom is 0.508 e. The molecular formula is C29H58O7. The Morgan fingerprint density at radius 2 is 0.861 bits per heavy atom. The van der Waals surface area contributed by atoms with Crippen LogP contribution in [0.1, 0.15) is 118 Å². The van der Waals surface area contributed by atoms with Gasteiger partial charge in [-0.2, -0.15) is 0 Å². The van der Waals surface area contributed by atoms with Crippen LogP contribution in [0.2, 0.25) is 0 Å². The van der Waals surface area contributed by atoms with Crippen LogP contribution in [0.5, 0.6) is 0 Å². The zero-order valence-corrected chi connectivity index (χ0v) is 24.1. The van der Waals surface area contributed by atoms with Crippen LogP contribution >= 0.6 is 0 Å². The summed E-state index contributed by atoms with van der Waals surface area (Å²) in [5, 5.41) is 0. The average Bonchev–Trinajstić information content (AvgIpc) is 2.88. The molecule has 0 aromatic carbocycles. The monoisotopic (exact) mass is 518 g/mol. The Morgan fingerprint density at radius 1 is 0.472 bits per heavy atom. The molecule has 0 heterocycles. The van der Waals surface area contributed by atoms with Gasteiger partial charge >= 0.3 is 6.16 Å². The van der Waals surface area contributed by atoms with Crippen molar-refractivity contribution in [3.05, 3.63) is 0 Å². The first kappa shape index (κ1) is 35.1. The Hall–Kier alpha value is -0.890. The number of carbonyl (C=O) groups is 1. The second-order valence-electron chi connectivity index (χ2n) is 9.43. The van der Waals surface area contributed by atoms with E-state index in [1.807, 2.05) is 0 Å². The van der Waals surface area contributed by atoms with E-state index < -0.39 is 6.16 Å². The van der Waals surface area contributed by atoms with Gasteiger partial charge in [-0.25, -0.2) is 4.79 Å². The molecule has 0 radical (unpaired) electrons. The van der Waals surface area contributed by atoms with Crippen LogP contribution in [0, 0.1) is 0 Å². The van der Waals surface area contributed by atoms with Crippen molar-refractivity contribution < 1.29 is 33.2 Å². The molecule has 0 amide bonds. The summed E-state index contributed by atoms with van der Waals surface area (Å²) < 4.78 is 33.7. The maximum atomic E-state index is 11.9. The largest absolute Gasteiger partial charge is 0.508 e. The van der Waals surface area contributed by atoms with E-state index in [4.69, 9.17) is 28.4 Å². The predicted octanol–water partition coefficient (Wildman–Crippen LogP) is 7.48. The Morgan fingerprint density at radius 3 is 1.25 bits per heavy atom. The first-order valence-electron chi connectivity index (χ1n) is 14.9. The summed E-state index contributed by atoms with van der Waals surface area (Å²) in [5.41, 5.74) is 0. The molecule has 2 atom stereocenters. The van der Waals surface area contributed by atoms with Crippen LogP contribution in [-0.4, -0.2) is 71.2 Å². The summed E-state index contributed by atoms with van der Waals surface area (Å²) in [5.74, 6) is 0. The maximum absolute atomic E-state index is 11.9. The van der Waals surface area contributed by atoms with Gasteiger partial charge in [0.15, 0.2) is 0 Å². The van der Waals surface area contributed by atoms with Crippen LogP contribution in [0.25, 0.3) is 0 Å². The third-order valence-corrected chi connectivity index (χ3v) is 5.99. The molecule has 0 N–H and O–H groups in total. The lowest BCUT2D eigenvalue weighted by molar-refractivity contribution is -0.0103. The molecule has 0 bridgehead atoms. The standard InChI is InChI=1S/C29H58O7/c1-5-9-15-27(33-25-23-31-19-11-7-3)17-13-21-35-29(30)36-22-14-18-28(16-10-6-2)34-26-24-32-20-12-8-4/h27-28H,5-26H2,1-4H3. The summed E-state index contributed by atoms with van der Waals surface area (Å²) in [7, 11) is 0. The van der Waals surface area contributed by atoms with Crippen LogP contribution in [0.15, 0.2) is 0 Å². The topological polar surface area (TPSA) is 72.5 Å². The predicted molar refractivity (Wildman–Crippen MR) is 146 cm³/mol. The van der Waals surface area contributed by atoms with Gasteiger partial charge in [-0.15, -0.1) is 0 Å². The Kier molecular flexibility index (Phi) is 28.0. The lowest BCUT2D eigenvalue weighted by atomic mass is 10.1. The number of ether oxygens (including phenoxy) is 6. The third kappa shape index (κ3) is 24.8. The van der Waals surface area contributed by atoms with E-state index in [0.717, 1.165) is 103 Å². The lowest BCUT2D eigenvalue weighted by Gasteiger charge is -2.18. The summed E-state index contributed by atoms with van der Waals surface area (Å²) in [6, 6.07) is 0. The zero-order chi connectivity index (χ0) is 26.5. The van der Waals surface area contributed by atoms with E-state index >= 15 is 0 Å². The molecule has 7 heteroatoms. The fourth-order valence-electron chi connectivity index (χ4n) is 3.70. The van der Waals surface area contributed by atoms with Crippen LogP contribution in [-0.2, 0) is 28.4 Å². The quantitative estimate of drug-likeness (QED) is 0.0785. The molecule has 7 nitrogen and oxygen atoms in total. The number of carbonyl (C=O) groups excluding carboxylic acids is 1. The lowest BCUT2D eigenvalue weighted by Crippen LogP contribution is -2.19. The molecule has 0 saturated heterocycles. The fourth-order valence-corrected chi connectivity index (χ4v) is 3.70. The van der Waals surface area contributed by atoms with Crippen molar-refractivity contribution in [3.63, 3.8) is 0 Å². The van der Waals surface area contributed by atoms with Gasteiger partial charge < -0.3 is 28.4 Å². The van der Waals surface area contributed by atoms with Crippen LogP contribution < -0.4 is 0 Å². The number of rotatable bonds is 28. The normalized spacial score (nSPS) is 13.0. The summed E-state index contributed by atoms with van der Waals surface area (Å²) >= 11 is 0. The van der Waals surface area contributed by atoms with E-state index in [1.165, 1.54) is 0 Å². The van der Waals surface area contributed by atoms with Crippen molar-refractivity contribution in [3.8, 4) is 0 Å². The second-order valence-corrected chi connectivity index (χ2v) is 9.43. The van der Waals surface area contributed by atoms with E-state index in [0.29, 0.717) is 39.6 Å². The smallest absolute Gasteiger partial charge is 0.434 e. The van der Waals surface area contributed by atoms with Crippen molar-refractivity contribution in [1.82, 2.24) is 0 Å². The minimum absolute atomic E-state index is 0.191. The molecule has 0 aliphatic rings. The number of hydrogen-bond acceptors (Lipinski definition) is 7. The molecule has 0 rings (SSSR count). The van der Waals surface area contributed by atoms with Gasteiger partial charge in [-0.3, -0.25) is 0 Å². The molecule has 0 aliphatic carbocycles. The average molecular weight is 519 g/mol. The molecule has 0 saturated carbocycles. The fraction of sp³-hybridized carbons (Fsp3) is 0.966. The van der Waals surface area contributed by atoms with Gasteiger partial charge in [0, 0.05) is 13.2 Å². The number of hydrogen-bond donors (Lipinski definition) is 0. The second kappa shape index (κ2) is 28.7. The van der Waals surface area contributed by atoms with Crippen LogP contribution in [0.4, 0.5) is 4.79 Å². The number of unbranched alkanes of at least 4 members (excludes halogenated alkanes) is 4. The van der Waals surface area contributed by atoms with Gasteiger partial charge in [0.1, 0.15) is 0 Å². The van der Waals surface area contributed by atoms with Gasteiger partial charge in [0.2, 0.25) is 0 Å². The first-order chi connectivity index (χ1) is 17.7. The minimum Gasteiger partial charge on any atom is -0.434 e. The highest BCUT2D eigenvalue weighted by Gasteiger charge is 2.12. The van der Waals surface area contributed by atoms with E-state index in [-0.39, 0.29) is 12.2 Å². The van der Waals surface area contributed by atoms with Crippen molar-refractivity contribution >= 4 is 6.16 Å². The van der Waals surface area contributed by atoms with Crippen molar-refractivity contribution in [1.29, 1.82) is 0 Å². The minimum atomic E-state index is -0.583. The van der Waals surface area contributed by atoms with Gasteiger partial charge in [-0.1, -0.05) is 66.2 Å². The SMILES string of the molecule is CCCCOCCOC(CCCC)CCCOC(=O)OCCCC(CCCC)OCCOCCCC. The highest BCUT2D eigenvalue weighted by Crippen LogP contribution is 2.13. The zero-order valence-electron chi connectivity index (χ0n) is 24.1. The molecule has 0 aromatic heterocycles. The highest BCUT2D eigenvalue weighted by molar-refractivity contribution is 5.59. The summed E-state index contributed by atoms with van der Waals surface area (Å²) in [6.07, 6.45) is 14.2. The Labute approximate surface area is 222 Å². The van der Waals surface area contributed by atoms with Crippen LogP contribution in [0.3, 0.4) is 0 Å². The van der Waals surface area contributed by atoms with E-state index in [2.05, 4.69) is 27.7 Å². The molecule has 0 spiro atoms. The molecule has 0 fully saturated rings. The van der Waals surface area contributed by atoms with E-state index in [9.17, 15) is 4.79 Å². The van der Waals surface area contributed by atoms with Crippen molar-refractivity contribution in [2.24, 2.45) is 0 Å². The van der Waals surface area contributed by atoms with Gasteiger partial charge in [0.05, 0.1) is 51.8 Å². The van der Waals surface area contributed by atoms with Gasteiger partial charge in [-0.05, 0) is 51.4 Å². The first-order valence-corrected chi connectivity index (χ1v) is 14.9. The van der Waals surface area contributed by atoms with Crippen molar-refractivity contribution in [2.75, 3.05) is 52.9 Å². The van der Waals surface area contributed by atoms with Gasteiger partial charge in [0.25, 0.3) is 0 Å². The molecule has 36 heavy (non-hydrogen) atoms. The molecule has 0 aliphatic heterocycles. The molecule has 0 aromatic rings. The van der Waals surface area contributed by atoms with Crippen molar-refractivity contribution in [2.45, 2.75) is 130 Å². The Bertz CT molecular complexity index is 409. The third-order valence-electron chi connectivity index (χ3n) is 5.99. The Balaban J connectivity index is 3.93. The van der Waals surface area contributed by atoms with E-state index in [1.54, 1.807) is 0 Å². The summed E-state index contributed by atoms with van der Waals surface area (Å²) in [4.78, 5) is 11.9. The molecule has 2 unspecified atom stereocenters. The molecule has 216 valence electrons. The molecular weight excluding hydrogens is 460 g/mol.